The fourth-order valence-corrected chi connectivity index (χ4v) is 3.09. The Labute approximate surface area is 148 Å². The van der Waals surface area contributed by atoms with Gasteiger partial charge in [0.05, 0.1) is 10.8 Å². The van der Waals surface area contributed by atoms with E-state index < -0.39 is 16.4 Å². The maximum atomic E-state index is 12.1. The minimum atomic E-state index is -1.27. The summed E-state index contributed by atoms with van der Waals surface area (Å²) in [4.78, 5) is 15.9. The van der Waals surface area contributed by atoms with Gasteiger partial charge < -0.3 is 14.5 Å². The monoisotopic (exact) mass is 366 g/mol. The van der Waals surface area contributed by atoms with Crippen LogP contribution in [-0.2, 0) is 15.5 Å². The summed E-state index contributed by atoms with van der Waals surface area (Å²) in [5.41, 5.74) is 0.0582. The van der Waals surface area contributed by atoms with Gasteiger partial charge in [-0.25, -0.2) is 4.79 Å². The third-order valence-electron chi connectivity index (χ3n) is 3.73. The topological polar surface area (TPSA) is 92.9 Å². The molecule has 0 N–H and O–H groups in total. The molecule has 1 atom stereocenters. The molecule has 9 nitrogen and oxygen atoms in total. The normalized spacial score (nSPS) is 17.0. The van der Waals surface area contributed by atoms with Crippen LogP contribution < -0.4 is 4.90 Å². The second-order valence-corrected chi connectivity index (χ2v) is 8.13. The molecule has 3 rings (SSSR count). The summed E-state index contributed by atoms with van der Waals surface area (Å²) in [5, 5.41) is 12.7. The molecule has 3 heterocycles. The van der Waals surface area contributed by atoms with E-state index in [1.807, 2.05) is 26.8 Å². The molecular formula is C15H22N6O3S. The van der Waals surface area contributed by atoms with Gasteiger partial charge in [0.25, 0.3) is 0 Å². The maximum Gasteiger partial charge on any atom is 0.410 e. The van der Waals surface area contributed by atoms with E-state index in [0.29, 0.717) is 37.0 Å². The summed E-state index contributed by atoms with van der Waals surface area (Å²) in [7, 11) is -1.27. The number of carbonyl (C=O) groups excluding carboxylic acids is 1. The number of piperazine rings is 1. The molecule has 1 fully saturated rings. The summed E-state index contributed by atoms with van der Waals surface area (Å²) in [5.74, 6) is 0.739. The molecule has 25 heavy (non-hydrogen) atoms. The first-order valence-corrected chi connectivity index (χ1v) is 9.59. The Morgan fingerprint density at radius 3 is 2.44 bits per heavy atom. The molecule has 1 amide bonds. The van der Waals surface area contributed by atoms with Crippen LogP contribution in [0.2, 0.25) is 0 Å². The largest absolute Gasteiger partial charge is 0.444 e. The van der Waals surface area contributed by atoms with Crippen molar-refractivity contribution in [2.45, 2.75) is 31.5 Å². The SMILES string of the molecule is CS(=O)c1nnc2ccc(N3CCN(C(=O)OC(C)(C)C)CC3)nn12. The summed E-state index contributed by atoms with van der Waals surface area (Å²) in [6.45, 7) is 7.97. The lowest BCUT2D eigenvalue weighted by molar-refractivity contribution is 0.0240. The first-order chi connectivity index (χ1) is 11.7. The second-order valence-electron chi connectivity index (χ2n) is 6.85. The summed E-state index contributed by atoms with van der Waals surface area (Å²) < 4.78 is 18.6. The Balaban J connectivity index is 1.71. The highest BCUT2D eigenvalue weighted by molar-refractivity contribution is 7.84. The predicted octanol–water partition coefficient (Wildman–Crippen LogP) is 0.919. The van der Waals surface area contributed by atoms with E-state index in [9.17, 15) is 9.00 Å². The van der Waals surface area contributed by atoms with E-state index in [0.717, 1.165) is 5.82 Å². The van der Waals surface area contributed by atoms with Gasteiger partial charge in [0.15, 0.2) is 5.65 Å². The molecule has 136 valence electrons. The van der Waals surface area contributed by atoms with Crippen LogP contribution in [0.25, 0.3) is 5.65 Å². The number of aromatic nitrogens is 4. The van der Waals surface area contributed by atoms with Crippen molar-refractivity contribution < 1.29 is 13.7 Å². The zero-order chi connectivity index (χ0) is 18.2. The van der Waals surface area contributed by atoms with E-state index in [4.69, 9.17) is 4.74 Å². The molecule has 0 aromatic carbocycles. The molecule has 2 aromatic heterocycles. The zero-order valence-electron chi connectivity index (χ0n) is 14.8. The van der Waals surface area contributed by atoms with Crippen LogP contribution >= 0.6 is 0 Å². The molecule has 10 heteroatoms. The lowest BCUT2D eigenvalue weighted by Crippen LogP contribution is -2.50. The van der Waals surface area contributed by atoms with Crippen LogP contribution in [0.15, 0.2) is 17.3 Å². The molecule has 1 saturated heterocycles. The molecule has 1 unspecified atom stereocenters. The van der Waals surface area contributed by atoms with Crippen molar-refractivity contribution in [2.75, 3.05) is 37.3 Å². The third-order valence-corrected chi connectivity index (χ3v) is 4.50. The average molecular weight is 366 g/mol. The van der Waals surface area contributed by atoms with Gasteiger partial charge in [-0.3, -0.25) is 4.21 Å². The average Bonchev–Trinajstić information content (AvgIpc) is 2.96. The molecule has 2 aromatic rings. The number of fused-ring (bicyclic) bond motifs is 1. The Hall–Kier alpha value is -2.23. The molecular weight excluding hydrogens is 344 g/mol. The van der Waals surface area contributed by atoms with E-state index >= 15 is 0 Å². The quantitative estimate of drug-likeness (QED) is 0.780. The van der Waals surface area contributed by atoms with Crippen molar-refractivity contribution in [2.24, 2.45) is 0 Å². The number of hydrogen-bond acceptors (Lipinski definition) is 7. The number of rotatable bonds is 2. The van der Waals surface area contributed by atoms with Gasteiger partial charge in [0.2, 0.25) is 5.16 Å². The molecule has 0 aliphatic carbocycles. The van der Waals surface area contributed by atoms with Gasteiger partial charge in [-0.05, 0) is 32.9 Å². The van der Waals surface area contributed by atoms with Crippen molar-refractivity contribution in [1.82, 2.24) is 24.7 Å². The van der Waals surface area contributed by atoms with Crippen LogP contribution in [-0.4, -0.2) is 73.0 Å². The van der Waals surface area contributed by atoms with Crippen LogP contribution in [0, 0.1) is 0 Å². The first-order valence-electron chi connectivity index (χ1n) is 8.03. The summed E-state index contributed by atoms with van der Waals surface area (Å²) in [6.07, 6.45) is 1.25. The highest BCUT2D eigenvalue weighted by Crippen LogP contribution is 2.17. The second kappa shape index (κ2) is 6.58. The van der Waals surface area contributed by atoms with Gasteiger partial charge in [0, 0.05) is 32.4 Å². The Morgan fingerprint density at radius 1 is 1.16 bits per heavy atom. The van der Waals surface area contributed by atoms with Gasteiger partial charge in [-0.15, -0.1) is 15.3 Å². The number of nitrogens with zero attached hydrogens (tertiary/aromatic N) is 6. The minimum absolute atomic E-state index is 0.293. The number of ether oxygens (including phenoxy) is 1. The van der Waals surface area contributed by atoms with E-state index in [1.54, 1.807) is 17.2 Å². The lowest BCUT2D eigenvalue weighted by Gasteiger charge is -2.36. The van der Waals surface area contributed by atoms with Gasteiger partial charge in [-0.1, -0.05) is 0 Å². The van der Waals surface area contributed by atoms with Crippen molar-refractivity contribution in [3.8, 4) is 0 Å². The smallest absolute Gasteiger partial charge is 0.410 e. The Kier molecular flexibility index (Phi) is 4.63. The van der Waals surface area contributed by atoms with Crippen molar-refractivity contribution in [1.29, 1.82) is 0 Å². The molecule has 0 bridgehead atoms. The Bertz CT molecular complexity index is 807. The Morgan fingerprint density at radius 2 is 1.84 bits per heavy atom. The van der Waals surface area contributed by atoms with Crippen LogP contribution in [0.1, 0.15) is 20.8 Å². The highest BCUT2D eigenvalue weighted by atomic mass is 32.2. The fraction of sp³-hybridized carbons (Fsp3) is 0.600. The highest BCUT2D eigenvalue weighted by Gasteiger charge is 2.26. The van der Waals surface area contributed by atoms with Crippen molar-refractivity contribution in [3.63, 3.8) is 0 Å². The predicted molar refractivity (Wildman–Crippen MR) is 93.1 cm³/mol. The standard InChI is InChI=1S/C15H22N6O3S/c1-15(2,3)24-14(22)20-9-7-19(8-10-20)12-6-5-11-16-17-13(25(4)23)21(11)18-12/h5-6H,7-10H2,1-4H3. The van der Waals surface area contributed by atoms with Gasteiger partial charge in [-0.2, -0.15) is 4.52 Å². The van der Waals surface area contributed by atoms with E-state index in [2.05, 4.69) is 20.2 Å². The molecule has 1 aliphatic heterocycles. The first kappa shape index (κ1) is 17.6. The number of hydrogen-bond donors (Lipinski definition) is 0. The summed E-state index contributed by atoms with van der Waals surface area (Å²) in [6, 6.07) is 3.65. The molecule has 0 saturated carbocycles. The maximum absolute atomic E-state index is 12.1. The van der Waals surface area contributed by atoms with Crippen LogP contribution in [0.3, 0.4) is 0 Å². The summed E-state index contributed by atoms with van der Waals surface area (Å²) >= 11 is 0. The van der Waals surface area contributed by atoms with E-state index in [-0.39, 0.29) is 6.09 Å². The van der Waals surface area contributed by atoms with Crippen molar-refractivity contribution in [3.05, 3.63) is 12.1 Å². The molecule has 0 spiro atoms. The zero-order valence-corrected chi connectivity index (χ0v) is 15.6. The minimum Gasteiger partial charge on any atom is -0.444 e. The molecule has 0 radical (unpaired) electrons. The molecule has 1 aliphatic rings. The number of anilines is 1. The van der Waals surface area contributed by atoms with Gasteiger partial charge in [0.1, 0.15) is 11.4 Å². The van der Waals surface area contributed by atoms with E-state index in [1.165, 1.54) is 4.52 Å². The lowest BCUT2D eigenvalue weighted by atomic mass is 10.2. The fourth-order valence-electron chi connectivity index (χ4n) is 2.55. The number of amides is 1. The van der Waals surface area contributed by atoms with Crippen molar-refractivity contribution >= 4 is 28.4 Å². The van der Waals surface area contributed by atoms with Crippen LogP contribution in [0.5, 0.6) is 0 Å². The van der Waals surface area contributed by atoms with Gasteiger partial charge >= 0.3 is 6.09 Å². The number of carbonyl (C=O) groups is 1. The third kappa shape index (κ3) is 3.89. The van der Waals surface area contributed by atoms with Crippen LogP contribution in [0.4, 0.5) is 10.6 Å².